The molecule has 2 fully saturated rings. The van der Waals surface area contributed by atoms with E-state index in [-0.39, 0.29) is 47.4 Å². The number of carbonyl (C=O) groups is 4. The van der Waals surface area contributed by atoms with Crippen molar-refractivity contribution in [3.8, 4) is 5.75 Å². The number of rotatable bonds is 13. The van der Waals surface area contributed by atoms with E-state index in [1.807, 2.05) is 0 Å². The minimum Gasteiger partial charge on any atom is -0.741 e. The van der Waals surface area contributed by atoms with E-state index in [9.17, 15) is 58.7 Å². The summed E-state index contributed by atoms with van der Waals surface area (Å²) in [6.45, 7) is 0.435. The molecule has 1 atom stereocenters. The highest BCUT2D eigenvalue weighted by molar-refractivity contribution is 7.86. The molecule has 2 saturated heterocycles. The number of imide groups is 1. The van der Waals surface area contributed by atoms with E-state index in [4.69, 9.17) is 22.4 Å². The molecule has 318 valence electrons. The molecular formula is C38H33F9N2O9S. The van der Waals surface area contributed by atoms with Crippen LogP contribution in [0.5, 0.6) is 5.75 Å². The van der Waals surface area contributed by atoms with E-state index in [1.54, 1.807) is 41.0 Å². The van der Waals surface area contributed by atoms with E-state index in [2.05, 4.69) is 0 Å². The number of pyridine rings is 1. The molecule has 0 saturated carbocycles. The molecule has 11 nitrogen and oxygen atoms in total. The first-order valence-electron chi connectivity index (χ1n) is 17.9. The average molecular weight is 865 g/mol. The number of likely N-dealkylation sites (tertiary alicyclic amines) is 1. The van der Waals surface area contributed by atoms with Crippen molar-refractivity contribution in [2.45, 2.75) is 87.8 Å². The number of nitrogens with zero attached hydrogens (tertiary/aromatic N) is 2. The smallest absolute Gasteiger partial charge is 0.485 e. The van der Waals surface area contributed by atoms with Crippen molar-refractivity contribution in [3.63, 3.8) is 0 Å². The molecule has 0 N–H and O–H groups in total. The van der Waals surface area contributed by atoms with Crippen molar-refractivity contribution < 1.29 is 85.7 Å². The normalized spacial score (nSPS) is 17.3. The fourth-order valence-corrected chi connectivity index (χ4v) is 6.80. The van der Waals surface area contributed by atoms with Gasteiger partial charge in [-0.3, -0.25) is 14.5 Å². The van der Waals surface area contributed by atoms with Gasteiger partial charge in [0.25, 0.3) is 0 Å². The first-order chi connectivity index (χ1) is 27.5. The lowest BCUT2D eigenvalue weighted by Gasteiger charge is -2.19. The quantitative estimate of drug-likeness (QED) is 0.0124. The third-order valence-corrected chi connectivity index (χ3v) is 10.2. The molecule has 0 bridgehead atoms. The lowest BCUT2D eigenvalue weighted by atomic mass is 9.99. The Hall–Kier alpha value is -5.31. The number of hydrogen-bond donors (Lipinski definition) is 0. The van der Waals surface area contributed by atoms with Crippen LogP contribution in [0.4, 0.5) is 39.5 Å². The van der Waals surface area contributed by atoms with Gasteiger partial charge in [-0.25, -0.2) is 18.0 Å². The Labute approximate surface area is 329 Å². The van der Waals surface area contributed by atoms with Gasteiger partial charge in [-0.15, -0.1) is 4.57 Å². The van der Waals surface area contributed by atoms with Crippen LogP contribution in [0.2, 0.25) is 0 Å². The Morgan fingerprint density at radius 2 is 1.14 bits per heavy atom. The number of esters is 1. The largest absolute Gasteiger partial charge is 0.741 e. The van der Waals surface area contributed by atoms with E-state index >= 15 is 0 Å². The maximum Gasteiger partial charge on any atom is 0.485 e. The van der Waals surface area contributed by atoms with Crippen LogP contribution in [0.15, 0.2) is 66.7 Å². The molecule has 2 amide bonds. The summed E-state index contributed by atoms with van der Waals surface area (Å²) in [4.78, 5) is 51.6. The summed E-state index contributed by atoms with van der Waals surface area (Å²) in [5.41, 5.74) is -10.3. The summed E-state index contributed by atoms with van der Waals surface area (Å²) in [5, 5.41) is 0.276. The predicted molar refractivity (Wildman–Crippen MR) is 186 cm³/mol. The first kappa shape index (κ1) is 44.8. The number of amides is 2. The van der Waals surface area contributed by atoms with Gasteiger partial charge in [0.05, 0.1) is 33.9 Å². The van der Waals surface area contributed by atoms with E-state index in [0.29, 0.717) is 42.2 Å². The summed E-state index contributed by atoms with van der Waals surface area (Å²) >= 11 is 0. The number of alkyl halides is 9. The zero-order chi connectivity index (χ0) is 43.6. The molecule has 0 spiro atoms. The number of carbonyl (C=O) groups excluding carboxylic acids is 4. The Bertz CT molecular complexity index is 2280. The van der Waals surface area contributed by atoms with Crippen molar-refractivity contribution in [1.82, 2.24) is 4.90 Å². The van der Waals surface area contributed by atoms with Gasteiger partial charge in [-0.2, -0.15) is 39.5 Å². The fourth-order valence-electron chi connectivity index (χ4n) is 6.80. The van der Waals surface area contributed by atoms with Crippen molar-refractivity contribution >= 4 is 55.7 Å². The van der Waals surface area contributed by atoms with Gasteiger partial charge in [-0.05, 0) is 37.1 Å². The van der Waals surface area contributed by atoms with E-state index in [1.165, 1.54) is 17.0 Å². The van der Waals surface area contributed by atoms with Gasteiger partial charge in [-0.1, -0.05) is 62.4 Å². The van der Waals surface area contributed by atoms with Crippen LogP contribution in [-0.2, 0) is 47.3 Å². The van der Waals surface area contributed by atoms with Crippen molar-refractivity contribution in [3.05, 3.63) is 83.4 Å². The third-order valence-electron chi connectivity index (χ3n) is 9.59. The number of epoxide rings is 1. The summed E-state index contributed by atoms with van der Waals surface area (Å²) in [6.07, 6.45) is -4.03. The molecule has 1 aromatic heterocycles. The Balaban J connectivity index is 0.000000749. The highest BCUT2D eigenvalue weighted by atomic mass is 32.2. The Morgan fingerprint density at radius 3 is 1.56 bits per heavy atom. The van der Waals surface area contributed by atoms with E-state index in [0.717, 1.165) is 38.5 Å². The van der Waals surface area contributed by atoms with Crippen LogP contribution < -0.4 is 9.30 Å². The first-order valence-corrected chi connectivity index (χ1v) is 19.3. The monoisotopic (exact) mass is 864 g/mol. The van der Waals surface area contributed by atoms with Crippen molar-refractivity contribution in [2.24, 2.45) is 0 Å². The number of benzene rings is 3. The Morgan fingerprint density at radius 1 is 0.712 bits per heavy atom. The average Bonchev–Trinajstić information content (AvgIpc) is 3.68. The lowest BCUT2D eigenvalue weighted by molar-refractivity contribution is -0.709. The summed E-state index contributed by atoms with van der Waals surface area (Å²) in [7, 11) is -6.09. The molecule has 59 heavy (non-hydrogen) atoms. The number of fused-ring (bicyclic) bond motifs is 2. The molecule has 0 aliphatic carbocycles. The molecule has 6 rings (SSSR count). The molecular weight excluding hydrogens is 831 g/mol. The van der Waals surface area contributed by atoms with Crippen LogP contribution in [0.25, 0.3) is 21.8 Å². The topological polar surface area (TPSA) is 154 Å². The highest BCUT2D eigenvalue weighted by Gasteiger charge is 2.69. The Kier molecular flexibility index (Phi) is 13.0. The van der Waals surface area contributed by atoms with Crippen LogP contribution >= 0.6 is 0 Å². The number of para-hydroxylation sites is 3. The number of ether oxygens (including phenoxy) is 2. The number of aromatic nitrogens is 1. The second-order valence-corrected chi connectivity index (χ2v) is 14.9. The summed E-state index contributed by atoms with van der Waals surface area (Å²) in [6, 6.07) is 13.9. The zero-order valence-corrected chi connectivity index (χ0v) is 31.3. The number of unbranched alkanes of at least 4 members (excludes halogenated alkanes) is 6. The van der Waals surface area contributed by atoms with Crippen LogP contribution in [0.1, 0.15) is 85.7 Å². The fraction of sp³-hybridized carbons (Fsp3) is 0.395. The SMILES string of the molecule is O=C(Oc1c(C(F)(F)F)cccc1C(F)(F)F)c1c2ccccc2[n+](C2(CCCCCCCCCN3C(=O)CCC3=O)OC2=O)c2ccccc12.O=S(=O)([O-])C(F)(F)F. The molecule has 1 unspecified atom stereocenters. The molecule has 3 heterocycles. The molecule has 21 heteroatoms. The number of hydrogen-bond acceptors (Lipinski definition) is 9. The maximum absolute atomic E-state index is 13.9. The van der Waals surface area contributed by atoms with E-state index < -0.39 is 62.5 Å². The van der Waals surface area contributed by atoms with Gasteiger partial charge in [0.1, 0.15) is 0 Å². The van der Waals surface area contributed by atoms with Crippen LogP contribution in [0.3, 0.4) is 0 Å². The molecule has 4 aromatic rings. The van der Waals surface area contributed by atoms with Crippen molar-refractivity contribution in [1.29, 1.82) is 0 Å². The predicted octanol–water partition coefficient (Wildman–Crippen LogP) is 8.07. The second kappa shape index (κ2) is 17.1. The summed E-state index contributed by atoms with van der Waals surface area (Å²) in [5.74, 6) is -3.85. The van der Waals surface area contributed by atoms with Gasteiger partial charge in [0.15, 0.2) is 15.9 Å². The minimum absolute atomic E-state index is 0.120. The standard InChI is InChI=1S/C37H33F6N2O6.CHF3O3S/c38-36(39,40)25-15-12-16-26(37(41,42)43)32(25)50-33(48)31-23-13-6-8-17-27(23)45(28-18-9-7-14-24(28)31)35(34(49)51-35)21-10-4-2-1-3-5-11-22-44-29(46)19-20-30(44)47;2-1(3,4)8(5,6)7/h6-9,12-18H,1-5,10-11,19-22H2;(H,5,6,7)/q+1;/p-1. The summed E-state index contributed by atoms with van der Waals surface area (Å²) < 4.78 is 154. The third kappa shape index (κ3) is 9.94. The number of halogens is 9. The lowest BCUT2D eigenvalue weighted by Crippen LogP contribution is -2.50. The molecule has 2 aliphatic heterocycles. The molecule has 0 radical (unpaired) electrons. The minimum atomic E-state index is -6.09. The maximum atomic E-state index is 13.9. The number of cyclic esters (lactones) is 1. The van der Waals surface area contributed by atoms with Gasteiger partial charge in [0, 0.05) is 31.5 Å². The van der Waals surface area contributed by atoms with Gasteiger partial charge >= 0.3 is 35.5 Å². The molecule has 3 aromatic carbocycles. The van der Waals surface area contributed by atoms with Crippen LogP contribution in [-0.4, -0.2) is 53.7 Å². The van der Waals surface area contributed by atoms with Gasteiger partial charge in [0.2, 0.25) is 22.8 Å². The second-order valence-electron chi connectivity index (χ2n) is 13.5. The highest BCUT2D eigenvalue weighted by Crippen LogP contribution is 2.45. The molecule has 2 aliphatic rings. The van der Waals surface area contributed by atoms with Gasteiger partial charge < -0.3 is 14.0 Å². The van der Waals surface area contributed by atoms with Crippen LogP contribution in [0, 0.1) is 0 Å². The van der Waals surface area contributed by atoms with Crippen molar-refractivity contribution in [2.75, 3.05) is 6.54 Å². The zero-order valence-electron chi connectivity index (χ0n) is 30.5.